The molecule has 36 heavy (non-hydrogen) atoms. The average Bonchev–Trinajstić information content (AvgIpc) is 3.28. The van der Waals surface area contributed by atoms with Gasteiger partial charge in [-0.15, -0.1) is 0 Å². The lowest BCUT2D eigenvalue weighted by Gasteiger charge is -2.34. The van der Waals surface area contributed by atoms with Crippen LogP contribution in [0.3, 0.4) is 0 Å². The van der Waals surface area contributed by atoms with Crippen molar-refractivity contribution in [2.45, 2.75) is 13.5 Å². The summed E-state index contributed by atoms with van der Waals surface area (Å²) in [6, 6.07) is 18.8. The van der Waals surface area contributed by atoms with Gasteiger partial charge in [-0.25, -0.2) is 0 Å². The van der Waals surface area contributed by atoms with Crippen molar-refractivity contribution >= 4 is 17.9 Å². The van der Waals surface area contributed by atoms with E-state index in [1.807, 2.05) is 72.2 Å². The van der Waals surface area contributed by atoms with Gasteiger partial charge in [-0.05, 0) is 30.7 Å². The standard InChI is InChI=1S/C28H27N5O3/c1-2-30-19-23(26-24(20-30)28(36)33(29-26)22-11-7-4-8-12-22)27(35)32-17-15-31(16-18-32)25(34)14-13-21-9-5-3-6-10-21/h3-14,19-20H,2,15-18H2,1H3. The number of para-hydroxylation sites is 1. The van der Waals surface area contributed by atoms with Gasteiger partial charge in [-0.1, -0.05) is 48.5 Å². The zero-order valence-electron chi connectivity index (χ0n) is 20.1. The smallest absolute Gasteiger partial charge is 0.282 e. The number of amides is 2. The summed E-state index contributed by atoms with van der Waals surface area (Å²) >= 11 is 0. The molecule has 1 saturated heterocycles. The van der Waals surface area contributed by atoms with Gasteiger partial charge < -0.3 is 14.4 Å². The van der Waals surface area contributed by atoms with E-state index in [2.05, 4.69) is 5.10 Å². The maximum absolute atomic E-state index is 13.6. The van der Waals surface area contributed by atoms with E-state index in [-0.39, 0.29) is 17.4 Å². The zero-order valence-corrected chi connectivity index (χ0v) is 20.1. The summed E-state index contributed by atoms with van der Waals surface area (Å²) in [5, 5.41) is 4.54. The number of hydrogen-bond acceptors (Lipinski definition) is 4. The molecule has 1 fully saturated rings. The molecule has 8 heteroatoms. The van der Waals surface area contributed by atoms with Crippen LogP contribution in [0.1, 0.15) is 22.8 Å². The minimum absolute atomic E-state index is 0.0746. The molecule has 0 saturated carbocycles. The molecule has 0 unspecified atom stereocenters. The average molecular weight is 482 g/mol. The fourth-order valence-electron chi connectivity index (χ4n) is 4.38. The fourth-order valence-corrected chi connectivity index (χ4v) is 4.38. The number of pyridine rings is 1. The van der Waals surface area contributed by atoms with Gasteiger partial charge in [0.05, 0.1) is 16.8 Å². The third kappa shape index (κ3) is 4.57. The molecular weight excluding hydrogens is 454 g/mol. The van der Waals surface area contributed by atoms with Crippen molar-refractivity contribution < 1.29 is 9.59 Å². The summed E-state index contributed by atoms with van der Waals surface area (Å²) in [7, 11) is 0. The van der Waals surface area contributed by atoms with Crippen LogP contribution >= 0.6 is 0 Å². The quantitative estimate of drug-likeness (QED) is 0.410. The van der Waals surface area contributed by atoms with Gasteiger partial charge in [-0.3, -0.25) is 14.4 Å². The first-order valence-electron chi connectivity index (χ1n) is 12.0. The Kier molecular flexibility index (Phi) is 6.49. The van der Waals surface area contributed by atoms with E-state index in [1.165, 1.54) is 4.68 Å². The summed E-state index contributed by atoms with van der Waals surface area (Å²) < 4.78 is 3.18. The fraction of sp³-hybridized carbons (Fsp3) is 0.214. The Morgan fingerprint density at radius 1 is 0.889 bits per heavy atom. The molecule has 2 aromatic rings. The highest BCUT2D eigenvalue weighted by atomic mass is 16.2. The first-order valence-corrected chi connectivity index (χ1v) is 12.0. The molecule has 0 spiro atoms. The second-order valence-electron chi connectivity index (χ2n) is 8.68. The van der Waals surface area contributed by atoms with E-state index in [9.17, 15) is 14.4 Å². The predicted molar refractivity (Wildman–Crippen MR) is 138 cm³/mol. The third-order valence-electron chi connectivity index (χ3n) is 6.42. The van der Waals surface area contributed by atoms with Crippen LogP contribution in [-0.4, -0.2) is 62.1 Å². The van der Waals surface area contributed by atoms with Crippen LogP contribution in [0.15, 0.2) is 83.9 Å². The summed E-state index contributed by atoms with van der Waals surface area (Å²) in [6.45, 7) is 4.28. The normalized spacial score (nSPS) is 14.0. The highest BCUT2D eigenvalue weighted by molar-refractivity contribution is 6.00. The van der Waals surface area contributed by atoms with Crippen molar-refractivity contribution in [3.8, 4) is 16.9 Å². The van der Waals surface area contributed by atoms with E-state index >= 15 is 0 Å². The Balaban J connectivity index is 1.35. The lowest BCUT2D eigenvalue weighted by Crippen LogP contribution is -2.50. The van der Waals surface area contributed by atoms with Crippen molar-refractivity contribution in [3.63, 3.8) is 0 Å². The molecule has 3 aliphatic heterocycles. The van der Waals surface area contributed by atoms with Gasteiger partial charge >= 0.3 is 0 Å². The largest absolute Gasteiger partial charge is 0.353 e. The Morgan fingerprint density at radius 3 is 2.19 bits per heavy atom. The second-order valence-corrected chi connectivity index (χ2v) is 8.68. The number of hydrogen-bond donors (Lipinski definition) is 0. The molecule has 2 aromatic carbocycles. The number of fused-ring (bicyclic) bond motifs is 1. The maximum Gasteiger partial charge on any atom is 0.282 e. The van der Waals surface area contributed by atoms with E-state index in [0.29, 0.717) is 55.2 Å². The number of carbonyl (C=O) groups excluding carboxylic acids is 2. The molecule has 8 nitrogen and oxygen atoms in total. The third-order valence-corrected chi connectivity index (χ3v) is 6.42. The SMILES string of the molecule is CCn1cc(C(=O)N2CCN(C(=O)C=Cc3ccccc3)CC2)c2nn(-c3ccccc3)c(=O)c-2c1. The number of rotatable bonds is 5. The molecule has 0 aliphatic carbocycles. The number of aromatic nitrogens is 3. The maximum atomic E-state index is 13.6. The van der Waals surface area contributed by atoms with Crippen molar-refractivity contribution in [1.29, 1.82) is 0 Å². The van der Waals surface area contributed by atoms with Gasteiger partial charge in [-0.2, -0.15) is 9.78 Å². The van der Waals surface area contributed by atoms with E-state index in [1.54, 1.807) is 34.3 Å². The molecule has 0 radical (unpaired) electrons. The topological polar surface area (TPSA) is 80.4 Å². The Labute approximate surface area is 209 Å². The van der Waals surface area contributed by atoms with Crippen LogP contribution < -0.4 is 5.56 Å². The minimum Gasteiger partial charge on any atom is -0.353 e. The highest BCUT2D eigenvalue weighted by Gasteiger charge is 2.29. The Hall–Kier alpha value is -4.46. The minimum atomic E-state index is -0.256. The van der Waals surface area contributed by atoms with Crippen LogP contribution in [0.25, 0.3) is 23.0 Å². The number of aryl methyl sites for hydroxylation is 1. The Morgan fingerprint density at radius 2 is 1.53 bits per heavy atom. The molecule has 3 heterocycles. The summed E-state index contributed by atoms with van der Waals surface area (Å²) in [4.78, 5) is 42.8. The van der Waals surface area contributed by atoms with Gasteiger partial charge in [0.2, 0.25) is 5.91 Å². The van der Waals surface area contributed by atoms with E-state index < -0.39 is 0 Å². The van der Waals surface area contributed by atoms with E-state index in [0.717, 1.165) is 5.56 Å². The molecule has 0 bridgehead atoms. The molecule has 0 aromatic heterocycles. The molecular formula is C28H27N5O3. The molecule has 182 valence electrons. The first-order chi connectivity index (χ1) is 17.5. The first kappa shape index (κ1) is 23.3. The number of carbonyl (C=O) groups is 2. The summed E-state index contributed by atoms with van der Waals surface area (Å²) in [6.07, 6.45) is 6.88. The predicted octanol–water partition coefficient (Wildman–Crippen LogP) is 3.16. The summed E-state index contributed by atoms with van der Waals surface area (Å²) in [5.41, 5.74) is 2.55. The van der Waals surface area contributed by atoms with Gasteiger partial charge in [0.25, 0.3) is 11.5 Å². The lowest BCUT2D eigenvalue weighted by molar-refractivity contribution is -0.127. The summed E-state index contributed by atoms with van der Waals surface area (Å²) in [5.74, 6) is -0.262. The number of piperazine rings is 1. The molecule has 0 atom stereocenters. The van der Waals surface area contributed by atoms with Crippen LogP contribution in [0.2, 0.25) is 0 Å². The second kappa shape index (κ2) is 10.0. The van der Waals surface area contributed by atoms with Crippen molar-refractivity contribution in [2.75, 3.05) is 26.2 Å². The lowest BCUT2D eigenvalue weighted by atomic mass is 10.1. The monoisotopic (exact) mass is 481 g/mol. The Bertz CT molecular complexity index is 1430. The van der Waals surface area contributed by atoms with Crippen LogP contribution in [-0.2, 0) is 11.3 Å². The van der Waals surface area contributed by atoms with Crippen LogP contribution in [0, 0.1) is 0 Å². The number of benzene rings is 2. The van der Waals surface area contributed by atoms with Crippen molar-refractivity contribution in [1.82, 2.24) is 24.1 Å². The molecule has 2 amide bonds. The van der Waals surface area contributed by atoms with E-state index in [4.69, 9.17) is 0 Å². The van der Waals surface area contributed by atoms with Crippen molar-refractivity contribution in [2.24, 2.45) is 0 Å². The zero-order chi connectivity index (χ0) is 25.1. The molecule has 3 aliphatic rings. The van der Waals surface area contributed by atoms with Crippen LogP contribution in [0.4, 0.5) is 0 Å². The van der Waals surface area contributed by atoms with Crippen LogP contribution in [0.5, 0.6) is 0 Å². The molecule has 0 N–H and O–H groups in total. The van der Waals surface area contributed by atoms with Gasteiger partial charge in [0.1, 0.15) is 5.69 Å². The molecule has 5 rings (SSSR count). The van der Waals surface area contributed by atoms with Gasteiger partial charge in [0.15, 0.2) is 0 Å². The van der Waals surface area contributed by atoms with Crippen molar-refractivity contribution in [3.05, 3.63) is 101 Å². The highest BCUT2D eigenvalue weighted by Crippen LogP contribution is 2.24. The van der Waals surface area contributed by atoms with Gasteiger partial charge in [0, 0.05) is 51.2 Å². The number of nitrogens with zero attached hydrogens (tertiary/aromatic N) is 5.